The Morgan fingerprint density at radius 2 is 1.93 bits per heavy atom. The maximum absolute atomic E-state index is 13.4. The fourth-order valence-electron chi connectivity index (χ4n) is 1.30. The van der Waals surface area contributed by atoms with E-state index in [1.807, 2.05) is 13.2 Å². The zero-order valence-corrected chi connectivity index (χ0v) is 8.67. The highest BCUT2D eigenvalue weighted by Crippen LogP contribution is 2.34. The van der Waals surface area contributed by atoms with Crippen molar-refractivity contribution < 1.29 is 9.18 Å². The van der Waals surface area contributed by atoms with Gasteiger partial charge in [0.25, 0.3) is 0 Å². The molecule has 0 fully saturated rings. The fraction of sp³-hybridized carbons (Fsp3) is 0.417. The highest BCUT2D eigenvalue weighted by Gasteiger charge is 2.29. The van der Waals surface area contributed by atoms with Crippen molar-refractivity contribution in [2.24, 2.45) is 5.41 Å². The van der Waals surface area contributed by atoms with Crippen LogP contribution in [0.1, 0.15) is 32.3 Å². The minimum absolute atomic E-state index is 0.166. The van der Waals surface area contributed by atoms with Crippen LogP contribution in [0, 0.1) is 11.2 Å². The van der Waals surface area contributed by atoms with Crippen LogP contribution >= 0.6 is 0 Å². The fourth-order valence-corrected chi connectivity index (χ4v) is 1.30. The van der Waals surface area contributed by atoms with Crippen LogP contribution in [0.5, 0.6) is 0 Å². The Labute approximate surface area is 83.9 Å². The van der Waals surface area contributed by atoms with Gasteiger partial charge in [-0.15, -0.1) is 0 Å². The van der Waals surface area contributed by atoms with E-state index in [0.717, 1.165) is 0 Å². The third kappa shape index (κ3) is 2.00. The predicted octanol–water partition coefficient (Wildman–Crippen LogP) is 3.07. The van der Waals surface area contributed by atoms with E-state index in [1.165, 1.54) is 6.07 Å². The van der Waals surface area contributed by atoms with Gasteiger partial charge in [-0.25, -0.2) is 4.39 Å². The van der Waals surface area contributed by atoms with Crippen molar-refractivity contribution in [3.05, 3.63) is 35.6 Å². The molecule has 0 aromatic heterocycles. The highest BCUT2D eigenvalue weighted by molar-refractivity contribution is 5.61. The summed E-state index contributed by atoms with van der Waals surface area (Å²) in [6.07, 6.45) is 1.95. The van der Waals surface area contributed by atoms with Crippen LogP contribution in [0.2, 0.25) is 0 Å². The summed E-state index contributed by atoms with van der Waals surface area (Å²) in [6.45, 7) is 5.36. The van der Waals surface area contributed by atoms with Crippen molar-refractivity contribution in [1.82, 2.24) is 0 Å². The molecule has 0 heterocycles. The number of benzene rings is 1. The van der Waals surface area contributed by atoms with Crippen molar-refractivity contribution in [2.45, 2.75) is 26.7 Å². The number of rotatable bonds is 3. The molecule has 1 rings (SSSR count). The molecule has 0 N–H and O–H groups in total. The lowest BCUT2D eigenvalue weighted by Gasteiger charge is -2.25. The third-order valence-corrected chi connectivity index (χ3v) is 2.72. The van der Waals surface area contributed by atoms with Gasteiger partial charge in [-0.05, 0) is 17.5 Å². The molecule has 1 radical (unpaired) electrons. The maximum atomic E-state index is 13.4. The standard InChI is InChI=1S/C12H14FO/c1-9(12(2,3)8-14)10-6-4-5-7-11(10)13/h4-7,9H,1-3H3. The van der Waals surface area contributed by atoms with E-state index in [2.05, 4.69) is 0 Å². The van der Waals surface area contributed by atoms with Gasteiger partial charge in [0.2, 0.25) is 6.29 Å². The van der Waals surface area contributed by atoms with Crippen molar-refractivity contribution in [3.63, 3.8) is 0 Å². The molecule has 1 atom stereocenters. The molecular formula is C12H14FO. The zero-order valence-electron chi connectivity index (χ0n) is 8.67. The summed E-state index contributed by atoms with van der Waals surface area (Å²) in [6, 6.07) is 6.53. The SMILES string of the molecule is CC(c1ccccc1F)C(C)(C)[C]=O. The maximum Gasteiger partial charge on any atom is 0.205 e. The van der Waals surface area contributed by atoms with E-state index < -0.39 is 5.41 Å². The second kappa shape index (κ2) is 3.91. The molecule has 75 valence electrons. The molecule has 0 aliphatic carbocycles. The Bertz CT molecular complexity index is 331. The Hall–Kier alpha value is -1.18. The van der Waals surface area contributed by atoms with E-state index >= 15 is 0 Å². The molecule has 2 heteroatoms. The second-order valence-corrected chi connectivity index (χ2v) is 4.07. The average Bonchev–Trinajstić information content (AvgIpc) is 2.17. The lowest BCUT2D eigenvalue weighted by atomic mass is 9.77. The van der Waals surface area contributed by atoms with Crippen LogP contribution in [0.4, 0.5) is 4.39 Å². The molecule has 1 aromatic carbocycles. The van der Waals surface area contributed by atoms with Crippen molar-refractivity contribution in [1.29, 1.82) is 0 Å². The van der Waals surface area contributed by atoms with E-state index in [-0.39, 0.29) is 11.7 Å². The van der Waals surface area contributed by atoms with E-state index in [0.29, 0.717) is 5.56 Å². The van der Waals surface area contributed by atoms with Gasteiger partial charge in [0, 0.05) is 5.41 Å². The van der Waals surface area contributed by atoms with Crippen molar-refractivity contribution in [3.8, 4) is 0 Å². The number of hydrogen-bond acceptors (Lipinski definition) is 1. The van der Waals surface area contributed by atoms with Gasteiger partial charge >= 0.3 is 0 Å². The first-order chi connectivity index (χ1) is 6.49. The second-order valence-electron chi connectivity index (χ2n) is 4.07. The van der Waals surface area contributed by atoms with Gasteiger partial charge in [-0.1, -0.05) is 39.0 Å². The first-order valence-electron chi connectivity index (χ1n) is 4.63. The molecular weight excluding hydrogens is 179 g/mol. The molecule has 0 amide bonds. The average molecular weight is 193 g/mol. The molecule has 1 unspecified atom stereocenters. The van der Waals surface area contributed by atoms with E-state index in [9.17, 15) is 9.18 Å². The van der Waals surface area contributed by atoms with Crippen LogP contribution in [0.25, 0.3) is 0 Å². The Balaban J connectivity index is 3.06. The zero-order chi connectivity index (χ0) is 10.8. The summed E-state index contributed by atoms with van der Waals surface area (Å²) in [7, 11) is 0. The van der Waals surface area contributed by atoms with Crippen LogP contribution < -0.4 is 0 Å². The van der Waals surface area contributed by atoms with Gasteiger partial charge < -0.3 is 0 Å². The molecule has 1 nitrogen and oxygen atoms in total. The van der Waals surface area contributed by atoms with Crippen LogP contribution in [-0.2, 0) is 4.79 Å². The smallest absolute Gasteiger partial charge is 0.205 e. The Morgan fingerprint density at radius 3 is 2.43 bits per heavy atom. The summed E-state index contributed by atoms with van der Waals surface area (Å²) in [4.78, 5) is 10.7. The first-order valence-corrected chi connectivity index (χ1v) is 4.63. The summed E-state index contributed by atoms with van der Waals surface area (Å²) in [5, 5.41) is 0. The topological polar surface area (TPSA) is 17.1 Å². The largest absolute Gasteiger partial charge is 0.290 e. The highest BCUT2D eigenvalue weighted by atomic mass is 19.1. The molecule has 0 bridgehead atoms. The van der Waals surface area contributed by atoms with Gasteiger partial charge in [0.1, 0.15) is 5.82 Å². The normalized spacial score (nSPS) is 13.7. The molecule has 0 saturated heterocycles. The summed E-state index contributed by atoms with van der Waals surface area (Å²) >= 11 is 0. The summed E-state index contributed by atoms with van der Waals surface area (Å²) in [5.41, 5.74) is -0.0804. The monoisotopic (exact) mass is 193 g/mol. The van der Waals surface area contributed by atoms with Crippen LogP contribution in [0.15, 0.2) is 24.3 Å². The minimum atomic E-state index is -0.651. The Kier molecular flexibility index (Phi) is 3.04. The van der Waals surface area contributed by atoms with Crippen molar-refractivity contribution in [2.75, 3.05) is 0 Å². The minimum Gasteiger partial charge on any atom is -0.290 e. The first kappa shape index (κ1) is 10.9. The van der Waals surface area contributed by atoms with Gasteiger partial charge in [-0.2, -0.15) is 0 Å². The number of hydrogen-bond donors (Lipinski definition) is 0. The molecule has 0 saturated carbocycles. The summed E-state index contributed by atoms with van der Waals surface area (Å²) in [5.74, 6) is -0.426. The lowest BCUT2D eigenvalue weighted by Crippen LogP contribution is -2.22. The van der Waals surface area contributed by atoms with E-state index in [1.54, 1.807) is 32.0 Å². The van der Waals surface area contributed by atoms with Crippen molar-refractivity contribution >= 4 is 6.29 Å². The van der Waals surface area contributed by atoms with E-state index in [4.69, 9.17) is 0 Å². The number of carbonyl (C=O) groups excluding carboxylic acids is 1. The summed E-state index contributed by atoms with van der Waals surface area (Å²) < 4.78 is 13.4. The lowest BCUT2D eigenvalue weighted by molar-refractivity contribution is 0.384. The Morgan fingerprint density at radius 1 is 1.36 bits per heavy atom. The molecule has 1 aromatic rings. The molecule has 14 heavy (non-hydrogen) atoms. The number of halogens is 1. The molecule has 0 aliphatic heterocycles. The molecule has 0 aliphatic rings. The van der Waals surface area contributed by atoms with Gasteiger partial charge in [0.15, 0.2) is 0 Å². The van der Waals surface area contributed by atoms with Crippen LogP contribution in [-0.4, -0.2) is 6.29 Å². The third-order valence-electron chi connectivity index (χ3n) is 2.72. The van der Waals surface area contributed by atoms with Gasteiger partial charge in [-0.3, -0.25) is 4.79 Å². The van der Waals surface area contributed by atoms with Crippen LogP contribution in [0.3, 0.4) is 0 Å². The quantitative estimate of drug-likeness (QED) is 0.721. The molecule has 0 spiro atoms. The predicted molar refractivity (Wildman–Crippen MR) is 54.3 cm³/mol. The van der Waals surface area contributed by atoms with Gasteiger partial charge in [0.05, 0.1) is 0 Å².